The van der Waals surface area contributed by atoms with Crippen LogP contribution < -0.4 is 31.9 Å². The van der Waals surface area contributed by atoms with Crippen LogP contribution in [0.1, 0.15) is 54.9 Å². The molecule has 460 valence electrons. The molecule has 0 spiro atoms. The van der Waals surface area contributed by atoms with E-state index in [0.29, 0.717) is 0 Å². The van der Waals surface area contributed by atoms with Gasteiger partial charge in [-0.2, -0.15) is 0 Å². The van der Waals surface area contributed by atoms with Gasteiger partial charge < -0.3 is 141 Å². The van der Waals surface area contributed by atoms with E-state index in [1.54, 1.807) is 20.8 Å². The second kappa shape index (κ2) is 29.3. The minimum Gasteiger partial charge on any atom is -0.444 e. The number of alkyl carbamates (subject to hydrolysis) is 1. The fourth-order valence-electron chi connectivity index (χ4n) is 9.68. The van der Waals surface area contributed by atoms with Crippen LogP contribution in [0.25, 0.3) is 0 Å². The van der Waals surface area contributed by atoms with Crippen LogP contribution in [0, 0.1) is 0 Å². The third-order valence-electron chi connectivity index (χ3n) is 13.3. The van der Waals surface area contributed by atoms with E-state index in [-0.39, 0.29) is 6.54 Å². The highest BCUT2D eigenvalue weighted by Crippen LogP contribution is 2.36. The highest BCUT2D eigenvalue weighted by Gasteiger charge is 2.57. The van der Waals surface area contributed by atoms with Crippen molar-refractivity contribution in [3.63, 3.8) is 0 Å². The number of ether oxygens (including phenoxy) is 10. The number of aliphatic hydroxyl groups is 12. The lowest BCUT2D eigenvalue weighted by Crippen LogP contribution is -2.72. The van der Waals surface area contributed by atoms with Crippen LogP contribution in [0.15, 0.2) is 0 Å². The number of amides is 6. The Morgan fingerprint density at radius 2 is 0.713 bits per heavy atom. The molecular weight excluding hydrogens is 1080 g/mol. The fraction of sp³-hybridized carbons (Fsp3) is 0.870. The first kappa shape index (κ1) is 66.6. The Bertz CT molecular complexity index is 2060. The van der Waals surface area contributed by atoms with Crippen molar-refractivity contribution in [1.29, 1.82) is 0 Å². The molecule has 5 aliphatic heterocycles. The quantitative estimate of drug-likeness (QED) is 0.0507. The second-order valence-electron chi connectivity index (χ2n) is 20.7. The molecule has 6 amide bonds. The van der Waals surface area contributed by atoms with Crippen LogP contribution >= 0.6 is 0 Å². The van der Waals surface area contributed by atoms with Gasteiger partial charge in [0.05, 0.1) is 33.0 Å². The summed E-state index contributed by atoms with van der Waals surface area (Å²) in [6.45, 7) is 3.99. The Hall–Kier alpha value is -4.22. The van der Waals surface area contributed by atoms with Crippen molar-refractivity contribution in [3.8, 4) is 0 Å². The van der Waals surface area contributed by atoms with E-state index in [1.165, 1.54) is 0 Å². The van der Waals surface area contributed by atoms with Crippen LogP contribution in [0.2, 0.25) is 0 Å². The summed E-state index contributed by atoms with van der Waals surface area (Å²) >= 11 is 0. The van der Waals surface area contributed by atoms with Crippen molar-refractivity contribution in [2.75, 3.05) is 39.6 Å². The lowest BCUT2D eigenvalue weighted by molar-refractivity contribution is -0.367. The maximum Gasteiger partial charge on any atom is 0.407 e. The van der Waals surface area contributed by atoms with E-state index >= 15 is 0 Å². The zero-order valence-electron chi connectivity index (χ0n) is 44.8. The van der Waals surface area contributed by atoms with Crippen molar-refractivity contribution < 1.29 is 137 Å². The van der Waals surface area contributed by atoms with Crippen molar-refractivity contribution in [3.05, 3.63) is 0 Å². The number of hydrogen-bond acceptors (Lipinski definition) is 28. The van der Waals surface area contributed by atoms with E-state index in [0.717, 1.165) is 27.7 Å². The second-order valence-corrected chi connectivity index (χ2v) is 20.7. The maximum atomic E-state index is 13.1. The van der Waals surface area contributed by atoms with Gasteiger partial charge in [0, 0.05) is 40.7 Å². The molecule has 0 aromatic rings. The van der Waals surface area contributed by atoms with Crippen molar-refractivity contribution in [1.82, 2.24) is 31.9 Å². The molecule has 5 rings (SSSR count). The van der Waals surface area contributed by atoms with E-state index in [4.69, 9.17) is 47.4 Å². The minimum atomic E-state index is -2.04. The summed E-state index contributed by atoms with van der Waals surface area (Å²) in [5, 5.41) is 146. The zero-order chi connectivity index (χ0) is 59.7. The first-order chi connectivity index (χ1) is 37.6. The van der Waals surface area contributed by atoms with E-state index < -0.39 is 234 Å². The van der Waals surface area contributed by atoms with Gasteiger partial charge in [-0.25, -0.2) is 4.79 Å². The summed E-state index contributed by atoms with van der Waals surface area (Å²) < 4.78 is 58.5. The molecule has 0 saturated carbocycles. The molecule has 18 N–H and O–H groups in total. The van der Waals surface area contributed by atoms with Gasteiger partial charge in [0.25, 0.3) is 0 Å². The maximum absolute atomic E-state index is 13.1. The molecule has 5 saturated heterocycles. The summed E-state index contributed by atoms with van der Waals surface area (Å²) in [6, 6.07) is -8.35. The zero-order valence-corrected chi connectivity index (χ0v) is 44.8. The molecule has 0 aromatic heterocycles. The lowest BCUT2D eigenvalue weighted by Gasteiger charge is -2.51. The van der Waals surface area contributed by atoms with Crippen molar-refractivity contribution in [2.45, 2.75) is 214 Å². The van der Waals surface area contributed by atoms with Crippen LogP contribution in [-0.4, -0.2) is 295 Å². The van der Waals surface area contributed by atoms with Gasteiger partial charge in [0.15, 0.2) is 31.5 Å². The first-order valence-corrected chi connectivity index (χ1v) is 25.6. The smallest absolute Gasteiger partial charge is 0.407 e. The number of carbonyl (C=O) groups is 6. The molecule has 5 heterocycles. The molecule has 0 aromatic carbocycles. The monoisotopic (exact) mass is 1160 g/mol. The predicted molar refractivity (Wildman–Crippen MR) is 258 cm³/mol. The summed E-state index contributed by atoms with van der Waals surface area (Å²) in [7, 11) is 0. The van der Waals surface area contributed by atoms with Crippen LogP contribution in [0.3, 0.4) is 0 Å². The summed E-state index contributed by atoms with van der Waals surface area (Å²) in [6.07, 6.45) is -37.3. The van der Waals surface area contributed by atoms with Crippen molar-refractivity contribution >= 4 is 35.6 Å². The number of rotatable bonds is 21. The van der Waals surface area contributed by atoms with Gasteiger partial charge in [-0.05, 0) is 20.8 Å². The topological polar surface area (TPSA) is 510 Å². The lowest BCUT2D eigenvalue weighted by atomic mass is 9.93. The van der Waals surface area contributed by atoms with E-state index in [9.17, 15) is 90.0 Å². The van der Waals surface area contributed by atoms with Crippen LogP contribution in [0.5, 0.6) is 0 Å². The Kier molecular flexibility index (Phi) is 24.4. The van der Waals surface area contributed by atoms with Crippen molar-refractivity contribution in [2.24, 2.45) is 0 Å². The van der Waals surface area contributed by atoms with E-state index in [1.807, 2.05) is 0 Å². The molecule has 5 unspecified atom stereocenters. The predicted octanol–water partition coefficient (Wildman–Crippen LogP) is -10.3. The molecular formula is C46H78N6O28. The SMILES string of the molecule is CC(=O)N[C@H]1[C@H](OC2[C@@H](CO)O[C@@H](OC3[C@@H](CO)O[C@@H](OC4[C@@H](CO)OC(O)[C@H](NC(C)=O)[C@H]4O)[C@H](NC(C)=O)[C@H]3O)[C@H](NC(C)=O)[C@H]2O)O[C@H](CO)C(O[C@@H]2O[C@H](CO)[C@@H](O)[C@H](O)[C@H]2NC(=O)CCNC(=O)OC(C)(C)C)[C@@H]1O. The Morgan fingerprint density at radius 3 is 1.04 bits per heavy atom. The van der Waals surface area contributed by atoms with Crippen LogP contribution in [0.4, 0.5) is 4.79 Å². The standard InChI is InChI=1S/C46H78N6O28/c1-15(58)48-25-32(65)36(20(11-54)71-40(25)69)76-42-27(49-16(2)59)34(67)38(22(13-56)73-42)78-44-29(51-18(4)61)35(68)39(23(14-57)75-44)79-43-28(50-17(3)60)33(66)37(21(12-55)74-43)77-41-26(31(64)30(63)19(10-53)72-41)52-24(62)8-9-47-45(70)80-46(5,6)7/h19-23,25-44,53-57,63-69H,8-14H2,1-7H3,(H,47,70)(H,48,58)(H,49,59)(H,50,60)(H,51,61)(H,52,62)/t19-,20-,21-,22-,23-,25-,26-,27-,28-,29-,30-,31-,32-,33-,34-,35-,36?,37?,38?,39?,40?,41+,42+,43+,44+/m1/s1. The average molecular weight is 1160 g/mol. The highest BCUT2D eigenvalue weighted by atomic mass is 16.8. The Labute approximate surface area is 457 Å². The van der Waals surface area contributed by atoms with Gasteiger partial charge in [-0.15, -0.1) is 0 Å². The van der Waals surface area contributed by atoms with Crippen LogP contribution in [-0.2, 0) is 71.3 Å². The Morgan fingerprint density at radius 1 is 0.412 bits per heavy atom. The molecule has 5 fully saturated rings. The molecule has 0 bridgehead atoms. The third kappa shape index (κ3) is 16.7. The fourth-order valence-corrected chi connectivity index (χ4v) is 9.68. The number of hydrogen-bond donors (Lipinski definition) is 18. The third-order valence-corrected chi connectivity index (χ3v) is 13.3. The van der Waals surface area contributed by atoms with Gasteiger partial charge in [-0.3, -0.25) is 24.0 Å². The number of carbonyl (C=O) groups excluding carboxylic acids is 6. The number of aliphatic hydroxyl groups excluding tert-OH is 12. The first-order valence-electron chi connectivity index (χ1n) is 25.6. The summed E-state index contributed by atoms with van der Waals surface area (Å²) in [4.78, 5) is 75.2. The van der Waals surface area contributed by atoms with E-state index in [2.05, 4.69) is 31.9 Å². The molecule has 0 aliphatic carbocycles. The average Bonchev–Trinajstić information content (AvgIpc) is 3.55. The highest BCUT2D eigenvalue weighted by molar-refractivity contribution is 5.77. The largest absolute Gasteiger partial charge is 0.444 e. The van der Waals surface area contributed by atoms with Gasteiger partial charge in [0.2, 0.25) is 29.5 Å². The minimum absolute atomic E-state index is 0.258. The molecule has 34 nitrogen and oxygen atoms in total. The summed E-state index contributed by atoms with van der Waals surface area (Å²) in [5.41, 5.74) is -0.851. The number of nitrogens with one attached hydrogen (secondary N) is 6. The normalized spacial score (nSPS) is 40.4. The Balaban J connectivity index is 1.37. The van der Waals surface area contributed by atoms with Gasteiger partial charge in [0.1, 0.15) is 127 Å². The van der Waals surface area contributed by atoms with Gasteiger partial charge in [-0.1, -0.05) is 0 Å². The summed E-state index contributed by atoms with van der Waals surface area (Å²) in [5.74, 6) is -3.97. The molecule has 80 heavy (non-hydrogen) atoms. The van der Waals surface area contributed by atoms with Gasteiger partial charge >= 0.3 is 6.09 Å². The molecule has 34 heteroatoms. The molecule has 25 atom stereocenters. The molecule has 0 radical (unpaired) electrons. The molecule has 5 aliphatic rings.